The van der Waals surface area contributed by atoms with E-state index in [9.17, 15) is 4.39 Å². The Morgan fingerprint density at radius 1 is 1.47 bits per heavy atom. The molecule has 1 unspecified atom stereocenters. The number of halogens is 2. The third kappa shape index (κ3) is 3.36. The number of benzene rings is 1. The molecule has 1 aromatic rings. The Balaban J connectivity index is 2.82. The lowest BCUT2D eigenvalue weighted by molar-refractivity contribution is 0.526. The van der Waals surface area contributed by atoms with Crippen LogP contribution >= 0.6 is 11.6 Å². The van der Waals surface area contributed by atoms with E-state index in [0.717, 1.165) is 0 Å². The second kappa shape index (κ2) is 5.33. The van der Waals surface area contributed by atoms with Gasteiger partial charge in [-0.05, 0) is 24.1 Å². The summed E-state index contributed by atoms with van der Waals surface area (Å²) in [4.78, 5) is 0. The van der Waals surface area contributed by atoms with Crippen LogP contribution in [0.5, 0.6) is 0 Å². The van der Waals surface area contributed by atoms with Gasteiger partial charge in [0.1, 0.15) is 5.82 Å². The maximum atomic E-state index is 13.4. The van der Waals surface area contributed by atoms with Crippen LogP contribution in [0, 0.1) is 11.7 Å². The largest absolute Gasteiger partial charge is 0.378 e. The zero-order valence-electron chi connectivity index (χ0n) is 8.93. The van der Waals surface area contributed by atoms with Gasteiger partial charge in [0.25, 0.3) is 0 Å². The van der Waals surface area contributed by atoms with Crippen molar-refractivity contribution in [1.29, 1.82) is 0 Å². The second-order valence-corrected chi connectivity index (χ2v) is 4.29. The minimum Gasteiger partial charge on any atom is -0.378 e. The van der Waals surface area contributed by atoms with Crippen LogP contribution in [0.4, 0.5) is 10.1 Å². The standard InChI is InChI=1S/C11H16ClFN2/c1-7(2)11(6-14)15-10-5-8(12)3-4-9(10)13/h3-5,7,11,15H,6,14H2,1-2H3. The predicted molar refractivity (Wildman–Crippen MR) is 62.7 cm³/mol. The van der Waals surface area contributed by atoms with Gasteiger partial charge in [-0.3, -0.25) is 0 Å². The number of nitrogens with one attached hydrogen (secondary N) is 1. The first-order valence-electron chi connectivity index (χ1n) is 4.96. The monoisotopic (exact) mass is 230 g/mol. The Kier molecular flexibility index (Phi) is 4.36. The highest BCUT2D eigenvalue weighted by molar-refractivity contribution is 6.30. The van der Waals surface area contributed by atoms with E-state index in [1.807, 2.05) is 13.8 Å². The fourth-order valence-corrected chi connectivity index (χ4v) is 1.48. The summed E-state index contributed by atoms with van der Waals surface area (Å²) in [6, 6.07) is 4.49. The summed E-state index contributed by atoms with van der Waals surface area (Å²) in [7, 11) is 0. The Morgan fingerprint density at radius 3 is 2.67 bits per heavy atom. The molecule has 84 valence electrons. The van der Waals surface area contributed by atoms with Crippen LogP contribution in [0.15, 0.2) is 18.2 Å². The minimum atomic E-state index is -0.307. The molecule has 0 amide bonds. The third-order valence-corrected chi connectivity index (χ3v) is 2.56. The predicted octanol–water partition coefficient (Wildman–Crippen LogP) is 2.87. The van der Waals surface area contributed by atoms with E-state index in [-0.39, 0.29) is 11.9 Å². The van der Waals surface area contributed by atoms with Gasteiger partial charge in [-0.1, -0.05) is 25.4 Å². The summed E-state index contributed by atoms with van der Waals surface area (Å²) >= 11 is 5.79. The van der Waals surface area contributed by atoms with Crippen LogP contribution in [0.2, 0.25) is 5.02 Å². The molecular formula is C11H16ClFN2. The molecule has 0 radical (unpaired) electrons. The summed E-state index contributed by atoms with van der Waals surface area (Å²) < 4.78 is 13.4. The Bertz CT molecular complexity index is 328. The van der Waals surface area contributed by atoms with E-state index in [4.69, 9.17) is 17.3 Å². The van der Waals surface area contributed by atoms with Gasteiger partial charge in [0.2, 0.25) is 0 Å². The molecule has 0 aromatic heterocycles. The Hall–Kier alpha value is -0.800. The summed E-state index contributed by atoms with van der Waals surface area (Å²) in [6.45, 7) is 4.53. The highest BCUT2D eigenvalue weighted by Crippen LogP contribution is 2.21. The molecule has 0 saturated heterocycles. The highest BCUT2D eigenvalue weighted by atomic mass is 35.5. The first-order valence-corrected chi connectivity index (χ1v) is 5.34. The molecule has 1 atom stereocenters. The van der Waals surface area contributed by atoms with E-state index in [2.05, 4.69) is 5.32 Å². The van der Waals surface area contributed by atoms with Crippen LogP contribution in [0.1, 0.15) is 13.8 Å². The molecule has 4 heteroatoms. The van der Waals surface area contributed by atoms with Crippen molar-refractivity contribution in [3.05, 3.63) is 29.0 Å². The average molecular weight is 231 g/mol. The number of hydrogen-bond donors (Lipinski definition) is 2. The van der Waals surface area contributed by atoms with Crippen molar-refractivity contribution in [1.82, 2.24) is 0 Å². The molecular weight excluding hydrogens is 215 g/mol. The quantitative estimate of drug-likeness (QED) is 0.835. The van der Waals surface area contributed by atoms with E-state index in [0.29, 0.717) is 23.2 Å². The van der Waals surface area contributed by atoms with Crippen molar-refractivity contribution >= 4 is 17.3 Å². The Labute approximate surface area is 94.6 Å². The number of anilines is 1. The smallest absolute Gasteiger partial charge is 0.146 e. The maximum Gasteiger partial charge on any atom is 0.146 e. The maximum absolute atomic E-state index is 13.4. The molecule has 0 aliphatic heterocycles. The number of nitrogens with two attached hydrogens (primary N) is 1. The van der Waals surface area contributed by atoms with Crippen LogP contribution in [-0.2, 0) is 0 Å². The normalized spacial score (nSPS) is 12.9. The van der Waals surface area contributed by atoms with Crippen molar-refractivity contribution in [3.63, 3.8) is 0 Å². The summed E-state index contributed by atoms with van der Waals surface area (Å²) in [6.07, 6.45) is 0. The lowest BCUT2D eigenvalue weighted by atomic mass is 10.0. The topological polar surface area (TPSA) is 38.0 Å². The molecule has 15 heavy (non-hydrogen) atoms. The van der Waals surface area contributed by atoms with E-state index in [1.165, 1.54) is 12.1 Å². The highest BCUT2D eigenvalue weighted by Gasteiger charge is 2.13. The summed E-state index contributed by atoms with van der Waals surface area (Å²) in [5.41, 5.74) is 6.00. The van der Waals surface area contributed by atoms with Gasteiger partial charge >= 0.3 is 0 Å². The van der Waals surface area contributed by atoms with Crippen LogP contribution in [-0.4, -0.2) is 12.6 Å². The van der Waals surface area contributed by atoms with Gasteiger partial charge in [0.05, 0.1) is 5.69 Å². The van der Waals surface area contributed by atoms with Crippen molar-refractivity contribution in [2.24, 2.45) is 11.7 Å². The number of rotatable bonds is 4. The molecule has 0 bridgehead atoms. The molecule has 0 spiro atoms. The van der Waals surface area contributed by atoms with Crippen molar-refractivity contribution in [2.75, 3.05) is 11.9 Å². The van der Waals surface area contributed by atoms with E-state index in [1.54, 1.807) is 6.07 Å². The fourth-order valence-electron chi connectivity index (χ4n) is 1.31. The van der Waals surface area contributed by atoms with Gasteiger partial charge in [-0.2, -0.15) is 0 Å². The van der Waals surface area contributed by atoms with Gasteiger partial charge in [-0.15, -0.1) is 0 Å². The fraction of sp³-hybridized carbons (Fsp3) is 0.455. The lowest BCUT2D eigenvalue weighted by Gasteiger charge is -2.22. The minimum absolute atomic E-state index is 0.0537. The van der Waals surface area contributed by atoms with Crippen molar-refractivity contribution < 1.29 is 4.39 Å². The lowest BCUT2D eigenvalue weighted by Crippen LogP contribution is -2.33. The summed E-state index contributed by atoms with van der Waals surface area (Å²) in [5.74, 6) is 0.0341. The van der Waals surface area contributed by atoms with Crippen LogP contribution in [0.25, 0.3) is 0 Å². The van der Waals surface area contributed by atoms with Crippen molar-refractivity contribution in [2.45, 2.75) is 19.9 Å². The number of hydrogen-bond acceptors (Lipinski definition) is 2. The summed E-state index contributed by atoms with van der Waals surface area (Å²) in [5, 5.41) is 3.57. The van der Waals surface area contributed by atoms with Gasteiger partial charge in [-0.25, -0.2) is 4.39 Å². The van der Waals surface area contributed by atoms with Crippen molar-refractivity contribution in [3.8, 4) is 0 Å². The molecule has 3 N–H and O–H groups in total. The molecule has 0 fully saturated rings. The third-order valence-electron chi connectivity index (χ3n) is 2.33. The molecule has 2 nitrogen and oxygen atoms in total. The molecule has 0 aliphatic carbocycles. The molecule has 0 aliphatic rings. The zero-order valence-corrected chi connectivity index (χ0v) is 9.68. The van der Waals surface area contributed by atoms with Gasteiger partial charge in [0.15, 0.2) is 0 Å². The van der Waals surface area contributed by atoms with E-state index >= 15 is 0 Å². The SMILES string of the molecule is CC(C)C(CN)Nc1cc(Cl)ccc1F. The zero-order chi connectivity index (χ0) is 11.4. The van der Waals surface area contributed by atoms with Crippen LogP contribution < -0.4 is 11.1 Å². The second-order valence-electron chi connectivity index (χ2n) is 3.85. The average Bonchev–Trinajstić information content (AvgIpc) is 2.18. The molecule has 1 aromatic carbocycles. The Morgan fingerprint density at radius 2 is 2.13 bits per heavy atom. The molecule has 0 saturated carbocycles. The van der Waals surface area contributed by atoms with Gasteiger partial charge < -0.3 is 11.1 Å². The molecule has 0 heterocycles. The van der Waals surface area contributed by atoms with Crippen LogP contribution in [0.3, 0.4) is 0 Å². The van der Waals surface area contributed by atoms with E-state index < -0.39 is 0 Å². The first kappa shape index (κ1) is 12.3. The first-order chi connectivity index (χ1) is 7.04. The molecule has 1 rings (SSSR count). The van der Waals surface area contributed by atoms with Gasteiger partial charge in [0, 0.05) is 17.6 Å².